The molecule has 0 radical (unpaired) electrons. The minimum absolute atomic E-state index is 0.415. The molecule has 0 aliphatic carbocycles. The molecule has 1 unspecified atom stereocenters. The summed E-state index contributed by atoms with van der Waals surface area (Å²) < 4.78 is 6.84. The van der Waals surface area contributed by atoms with E-state index in [4.69, 9.17) is 4.74 Å². The number of fused-ring (bicyclic) bond motifs is 1. The van der Waals surface area contributed by atoms with E-state index in [-0.39, 0.29) is 0 Å². The first-order valence-corrected chi connectivity index (χ1v) is 6.06. The Bertz CT molecular complexity index is 376. The first-order valence-electron chi connectivity index (χ1n) is 5.27. The van der Waals surface area contributed by atoms with Crippen molar-refractivity contribution in [1.29, 1.82) is 0 Å². The summed E-state index contributed by atoms with van der Waals surface area (Å²) in [5.41, 5.74) is 2.34. The molecule has 0 bridgehead atoms. The second kappa shape index (κ2) is 4.05. The van der Waals surface area contributed by atoms with Crippen LogP contribution in [0.4, 0.5) is 5.69 Å². The van der Waals surface area contributed by atoms with E-state index >= 15 is 0 Å². The van der Waals surface area contributed by atoms with E-state index in [1.807, 2.05) is 6.07 Å². The first kappa shape index (κ1) is 10.8. The quantitative estimate of drug-likeness (QED) is 0.842. The highest BCUT2D eigenvalue weighted by Crippen LogP contribution is 2.35. The molecule has 0 fully saturated rings. The van der Waals surface area contributed by atoms with Crippen molar-refractivity contribution in [2.75, 3.05) is 11.9 Å². The van der Waals surface area contributed by atoms with Gasteiger partial charge in [0.1, 0.15) is 12.4 Å². The van der Waals surface area contributed by atoms with Crippen LogP contribution in [0.1, 0.15) is 19.4 Å². The molecule has 1 aromatic rings. The summed E-state index contributed by atoms with van der Waals surface area (Å²) in [5.74, 6) is 1.53. The average molecular weight is 270 g/mol. The third-order valence-electron chi connectivity index (χ3n) is 2.82. The van der Waals surface area contributed by atoms with Gasteiger partial charge in [-0.3, -0.25) is 0 Å². The van der Waals surface area contributed by atoms with Gasteiger partial charge in [-0.05, 0) is 30.5 Å². The van der Waals surface area contributed by atoms with Gasteiger partial charge < -0.3 is 10.1 Å². The third kappa shape index (κ3) is 2.12. The lowest BCUT2D eigenvalue weighted by Gasteiger charge is -2.30. The highest BCUT2D eigenvalue weighted by Gasteiger charge is 2.21. The SMILES string of the molecule is Cc1cc2c(cc1Br)OCC(C(C)C)N2. The van der Waals surface area contributed by atoms with E-state index in [2.05, 4.69) is 48.1 Å². The summed E-state index contributed by atoms with van der Waals surface area (Å²) in [6, 6.07) is 4.58. The fraction of sp³-hybridized carbons (Fsp3) is 0.500. The molecule has 1 atom stereocenters. The Morgan fingerprint density at radius 1 is 1.47 bits per heavy atom. The van der Waals surface area contributed by atoms with Crippen molar-refractivity contribution in [1.82, 2.24) is 0 Å². The first-order chi connectivity index (χ1) is 7.08. The Hall–Kier alpha value is -0.700. The van der Waals surface area contributed by atoms with Gasteiger partial charge in [-0.25, -0.2) is 0 Å². The van der Waals surface area contributed by atoms with Crippen LogP contribution in [0.3, 0.4) is 0 Å². The molecule has 1 N–H and O–H groups in total. The molecular weight excluding hydrogens is 254 g/mol. The Balaban J connectivity index is 2.30. The van der Waals surface area contributed by atoms with Crippen LogP contribution in [0.2, 0.25) is 0 Å². The molecule has 15 heavy (non-hydrogen) atoms. The van der Waals surface area contributed by atoms with E-state index in [1.54, 1.807) is 0 Å². The van der Waals surface area contributed by atoms with E-state index in [0.29, 0.717) is 12.0 Å². The predicted molar refractivity (Wildman–Crippen MR) is 66.6 cm³/mol. The molecule has 82 valence electrons. The predicted octanol–water partition coefficient (Wildman–Crippen LogP) is 3.59. The van der Waals surface area contributed by atoms with Gasteiger partial charge in [0.05, 0.1) is 11.7 Å². The van der Waals surface area contributed by atoms with Crippen LogP contribution in [0, 0.1) is 12.8 Å². The van der Waals surface area contributed by atoms with Crippen LogP contribution in [0.15, 0.2) is 16.6 Å². The Morgan fingerprint density at radius 2 is 2.20 bits per heavy atom. The maximum Gasteiger partial charge on any atom is 0.143 e. The van der Waals surface area contributed by atoms with E-state index in [1.165, 1.54) is 5.56 Å². The maximum absolute atomic E-state index is 5.74. The second-order valence-corrected chi connectivity index (χ2v) is 5.26. The highest BCUT2D eigenvalue weighted by atomic mass is 79.9. The Labute approximate surface area is 99.1 Å². The van der Waals surface area contributed by atoms with E-state index in [9.17, 15) is 0 Å². The molecule has 0 saturated carbocycles. The molecular formula is C12H16BrNO. The molecule has 1 aliphatic heterocycles. The number of hydrogen-bond acceptors (Lipinski definition) is 2. The minimum atomic E-state index is 0.415. The molecule has 1 aromatic carbocycles. The summed E-state index contributed by atoms with van der Waals surface area (Å²) in [5, 5.41) is 3.52. The topological polar surface area (TPSA) is 21.3 Å². The highest BCUT2D eigenvalue weighted by molar-refractivity contribution is 9.10. The van der Waals surface area contributed by atoms with Crippen LogP contribution < -0.4 is 10.1 Å². The van der Waals surface area contributed by atoms with Crippen molar-refractivity contribution >= 4 is 21.6 Å². The van der Waals surface area contributed by atoms with Gasteiger partial charge in [0.15, 0.2) is 0 Å². The van der Waals surface area contributed by atoms with Gasteiger partial charge in [0.25, 0.3) is 0 Å². The molecule has 1 aliphatic rings. The molecule has 2 rings (SSSR count). The standard InChI is InChI=1S/C12H16BrNO/c1-7(2)11-6-15-12-5-9(13)8(3)4-10(12)14-11/h4-5,7,11,14H,6H2,1-3H3. The number of rotatable bonds is 1. The summed E-state index contributed by atoms with van der Waals surface area (Å²) in [7, 11) is 0. The zero-order chi connectivity index (χ0) is 11.0. The van der Waals surface area contributed by atoms with Gasteiger partial charge in [0.2, 0.25) is 0 Å². The number of ether oxygens (including phenoxy) is 1. The minimum Gasteiger partial charge on any atom is -0.489 e. The zero-order valence-corrected chi connectivity index (χ0v) is 10.9. The fourth-order valence-electron chi connectivity index (χ4n) is 1.68. The molecule has 3 heteroatoms. The smallest absolute Gasteiger partial charge is 0.143 e. The van der Waals surface area contributed by atoms with E-state index < -0.39 is 0 Å². The second-order valence-electron chi connectivity index (χ2n) is 4.40. The van der Waals surface area contributed by atoms with Crippen molar-refractivity contribution < 1.29 is 4.74 Å². The lowest BCUT2D eigenvalue weighted by atomic mass is 10.0. The molecule has 0 saturated heterocycles. The van der Waals surface area contributed by atoms with Gasteiger partial charge >= 0.3 is 0 Å². The largest absolute Gasteiger partial charge is 0.489 e. The Kier molecular flexibility index (Phi) is 2.91. The van der Waals surface area contributed by atoms with Gasteiger partial charge in [0, 0.05) is 4.47 Å². The maximum atomic E-state index is 5.74. The van der Waals surface area contributed by atoms with E-state index in [0.717, 1.165) is 22.5 Å². The van der Waals surface area contributed by atoms with Crippen LogP contribution in [0.5, 0.6) is 5.75 Å². The summed E-state index contributed by atoms with van der Waals surface area (Å²) in [6.07, 6.45) is 0. The van der Waals surface area contributed by atoms with Crippen LogP contribution >= 0.6 is 15.9 Å². The fourth-order valence-corrected chi connectivity index (χ4v) is 2.00. The molecule has 2 nitrogen and oxygen atoms in total. The monoisotopic (exact) mass is 269 g/mol. The van der Waals surface area contributed by atoms with Crippen molar-refractivity contribution in [3.05, 3.63) is 22.2 Å². The van der Waals surface area contributed by atoms with Crippen molar-refractivity contribution in [3.63, 3.8) is 0 Å². The number of halogens is 1. The molecule has 0 spiro atoms. The van der Waals surface area contributed by atoms with Crippen LogP contribution in [0.25, 0.3) is 0 Å². The lowest BCUT2D eigenvalue weighted by Crippen LogP contribution is -2.35. The van der Waals surface area contributed by atoms with Gasteiger partial charge in [-0.1, -0.05) is 29.8 Å². The van der Waals surface area contributed by atoms with Gasteiger partial charge in [-0.2, -0.15) is 0 Å². The normalized spacial score (nSPS) is 19.4. The number of nitrogens with one attached hydrogen (secondary N) is 1. The van der Waals surface area contributed by atoms with Crippen molar-refractivity contribution in [2.45, 2.75) is 26.8 Å². The van der Waals surface area contributed by atoms with Crippen LogP contribution in [-0.4, -0.2) is 12.6 Å². The average Bonchev–Trinajstić information content (AvgIpc) is 2.19. The number of anilines is 1. The summed E-state index contributed by atoms with van der Waals surface area (Å²) in [4.78, 5) is 0. The van der Waals surface area contributed by atoms with Gasteiger partial charge in [-0.15, -0.1) is 0 Å². The summed E-state index contributed by atoms with van der Waals surface area (Å²) in [6.45, 7) is 7.25. The third-order valence-corrected chi connectivity index (χ3v) is 3.68. The number of benzene rings is 1. The molecule has 1 heterocycles. The number of hydrogen-bond donors (Lipinski definition) is 1. The lowest BCUT2D eigenvalue weighted by molar-refractivity contribution is 0.257. The number of aryl methyl sites for hydroxylation is 1. The van der Waals surface area contributed by atoms with Crippen molar-refractivity contribution in [2.24, 2.45) is 5.92 Å². The Morgan fingerprint density at radius 3 is 2.87 bits per heavy atom. The van der Waals surface area contributed by atoms with Crippen molar-refractivity contribution in [3.8, 4) is 5.75 Å². The van der Waals surface area contributed by atoms with Crippen LogP contribution in [-0.2, 0) is 0 Å². The summed E-state index contributed by atoms with van der Waals surface area (Å²) >= 11 is 3.51. The molecule has 0 amide bonds. The zero-order valence-electron chi connectivity index (χ0n) is 9.30. The molecule has 0 aromatic heterocycles.